The SMILES string of the molecule is O=C1CCC(N2Cc3ccc(-n4cc(C(=O)NCc5ccoc5)nn4)cc3C2=O)C(=O)N1. The van der Waals surface area contributed by atoms with Crippen LogP contribution in [0.15, 0.2) is 47.4 Å². The Morgan fingerprint density at radius 1 is 1.25 bits per heavy atom. The summed E-state index contributed by atoms with van der Waals surface area (Å²) in [6, 6.07) is 6.28. The molecule has 4 heterocycles. The average molecular weight is 434 g/mol. The van der Waals surface area contributed by atoms with E-state index in [4.69, 9.17) is 4.42 Å². The molecular formula is C21H18N6O5. The quantitative estimate of drug-likeness (QED) is 0.559. The van der Waals surface area contributed by atoms with Crippen LogP contribution in [0.25, 0.3) is 5.69 Å². The van der Waals surface area contributed by atoms with Gasteiger partial charge in [0.1, 0.15) is 6.04 Å². The Hall–Kier alpha value is -4.28. The third kappa shape index (κ3) is 3.53. The van der Waals surface area contributed by atoms with Crippen molar-refractivity contribution in [1.29, 1.82) is 0 Å². The topological polar surface area (TPSA) is 139 Å². The number of hydrogen-bond acceptors (Lipinski definition) is 7. The van der Waals surface area contributed by atoms with E-state index in [1.165, 1.54) is 28.3 Å². The Kier molecular flexibility index (Phi) is 4.77. The lowest BCUT2D eigenvalue weighted by Gasteiger charge is -2.29. The van der Waals surface area contributed by atoms with Gasteiger partial charge in [0.25, 0.3) is 11.8 Å². The molecule has 0 radical (unpaired) electrons. The summed E-state index contributed by atoms with van der Waals surface area (Å²) >= 11 is 0. The van der Waals surface area contributed by atoms with Crippen molar-refractivity contribution in [2.45, 2.75) is 32.0 Å². The summed E-state index contributed by atoms with van der Waals surface area (Å²) in [6.45, 7) is 0.589. The Morgan fingerprint density at radius 3 is 2.91 bits per heavy atom. The predicted octanol–water partition coefficient (Wildman–Crippen LogP) is 0.551. The van der Waals surface area contributed by atoms with E-state index in [1.54, 1.807) is 24.3 Å². The van der Waals surface area contributed by atoms with Crippen molar-refractivity contribution in [3.63, 3.8) is 0 Å². The lowest BCUT2D eigenvalue weighted by molar-refractivity contribution is -0.136. The molecule has 0 bridgehead atoms. The highest BCUT2D eigenvalue weighted by molar-refractivity contribution is 6.05. The largest absolute Gasteiger partial charge is 0.472 e. The van der Waals surface area contributed by atoms with Crippen LogP contribution in [0.1, 0.15) is 44.8 Å². The summed E-state index contributed by atoms with van der Waals surface area (Å²) in [5.41, 5.74) is 2.74. The smallest absolute Gasteiger partial charge is 0.273 e. The Morgan fingerprint density at radius 2 is 2.12 bits per heavy atom. The molecule has 2 aliphatic heterocycles. The number of imide groups is 1. The number of rotatable bonds is 5. The number of fused-ring (bicyclic) bond motifs is 1. The first kappa shape index (κ1) is 19.7. The molecule has 3 aromatic rings. The molecule has 1 unspecified atom stereocenters. The molecule has 0 spiro atoms. The summed E-state index contributed by atoms with van der Waals surface area (Å²) in [5.74, 6) is -1.45. The van der Waals surface area contributed by atoms with E-state index in [2.05, 4.69) is 20.9 Å². The number of furan rings is 1. The van der Waals surface area contributed by atoms with Crippen molar-refractivity contribution < 1.29 is 23.6 Å². The Bertz CT molecular complexity index is 1230. The maximum Gasteiger partial charge on any atom is 0.273 e. The minimum absolute atomic E-state index is 0.130. The van der Waals surface area contributed by atoms with E-state index in [0.717, 1.165) is 11.1 Å². The van der Waals surface area contributed by atoms with E-state index < -0.39 is 17.9 Å². The lowest BCUT2D eigenvalue weighted by atomic mass is 10.0. The second kappa shape index (κ2) is 7.76. The van der Waals surface area contributed by atoms with E-state index in [1.807, 2.05) is 0 Å². The third-order valence-corrected chi connectivity index (χ3v) is 5.54. The molecule has 1 fully saturated rings. The second-order valence-corrected chi connectivity index (χ2v) is 7.60. The van der Waals surface area contributed by atoms with Gasteiger partial charge in [-0.25, -0.2) is 4.68 Å². The van der Waals surface area contributed by atoms with Crippen LogP contribution in [-0.2, 0) is 22.7 Å². The molecule has 4 amide bonds. The van der Waals surface area contributed by atoms with Crippen LogP contribution in [0.5, 0.6) is 0 Å². The number of amides is 4. The minimum Gasteiger partial charge on any atom is -0.472 e. The zero-order chi connectivity index (χ0) is 22.2. The Labute approximate surface area is 181 Å². The number of hydrogen-bond donors (Lipinski definition) is 2. The van der Waals surface area contributed by atoms with Crippen molar-refractivity contribution in [3.05, 3.63) is 65.4 Å². The minimum atomic E-state index is -0.673. The average Bonchev–Trinajstić information content (AvgIpc) is 3.53. The van der Waals surface area contributed by atoms with Gasteiger partial charge >= 0.3 is 0 Å². The normalized spacial score (nSPS) is 17.9. The highest BCUT2D eigenvalue weighted by atomic mass is 16.3. The van der Waals surface area contributed by atoms with Crippen LogP contribution >= 0.6 is 0 Å². The summed E-state index contributed by atoms with van der Waals surface area (Å²) in [5, 5.41) is 12.9. The molecule has 11 nitrogen and oxygen atoms in total. The molecule has 2 N–H and O–H groups in total. The van der Waals surface area contributed by atoms with E-state index in [-0.39, 0.29) is 23.9 Å². The Balaban J connectivity index is 1.31. The van der Waals surface area contributed by atoms with E-state index in [9.17, 15) is 19.2 Å². The number of nitrogens with one attached hydrogen (secondary N) is 2. The molecule has 1 aromatic carbocycles. The number of carbonyl (C=O) groups is 4. The second-order valence-electron chi connectivity index (χ2n) is 7.60. The van der Waals surface area contributed by atoms with Gasteiger partial charge in [0.05, 0.1) is 24.4 Å². The predicted molar refractivity (Wildman–Crippen MR) is 107 cm³/mol. The summed E-state index contributed by atoms with van der Waals surface area (Å²) in [4.78, 5) is 50.3. The van der Waals surface area contributed by atoms with Crippen molar-refractivity contribution in [3.8, 4) is 5.69 Å². The van der Waals surface area contributed by atoms with Crippen LogP contribution in [0.3, 0.4) is 0 Å². The molecule has 0 saturated carbocycles. The van der Waals surface area contributed by atoms with Crippen molar-refractivity contribution in [2.75, 3.05) is 0 Å². The molecule has 162 valence electrons. The standard InChI is InChI=1S/C21H18N6O5/c28-18-4-3-17(20(30)23-18)26-9-13-1-2-14(7-15(13)21(26)31)27-10-16(24-25-27)19(29)22-8-12-5-6-32-11-12/h1-2,5-7,10-11,17H,3-4,8-9H2,(H,22,29)(H,23,28,30). The van der Waals surface area contributed by atoms with Gasteiger partial charge in [0.15, 0.2) is 5.69 Å². The summed E-state index contributed by atoms with van der Waals surface area (Å²) in [6.07, 6.45) is 5.04. The van der Waals surface area contributed by atoms with Gasteiger partial charge in [-0.05, 0) is 30.2 Å². The molecule has 1 atom stereocenters. The molecule has 32 heavy (non-hydrogen) atoms. The van der Waals surface area contributed by atoms with Crippen LogP contribution in [0, 0.1) is 0 Å². The van der Waals surface area contributed by atoms with Crippen LogP contribution in [0.2, 0.25) is 0 Å². The fraction of sp³-hybridized carbons (Fsp3) is 0.238. The van der Waals surface area contributed by atoms with Gasteiger partial charge < -0.3 is 14.6 Å². The van der Waals surface area contributed by atoms with Gasteiger partial charge in [-0.2, -0.15) is 0 Å². The van der Waals surface area contributed by atoms with Gasteiger partial charge in [0.2, 0.25) is 11.8 Å². The fourth-order valence-electron chi connectivity index (χ4n) is 3.85. The highest BCUT2D eigenvalue weighted by Crippen LogP contribution is 2.29. The van der Waals surface area contributed by atoms with Gasteiger partial charge in [0, 0.05) is 30.6 Å². The maximum atomic E-state index is 13.0. The maximum absolute atomic E-state index is 13.0. The zero-order valence-corrected chi connectivity index (χ0v) is 16.8. The van der Waals surface area contributed by atoms with Crippen molar-refractivity contribution >= 4 is 23.6 Å². The van der Waals surface area contributed by atoms with Gasteiger partial charge in [-0.15, -0.1) is 5.10 Å². The van der Waals surface area contributed by atoms with Crippen molar-refractivity contribution in [1.82, 2.24) is 30.5 Å². The van der Waals surface area contributed by atoms with Crippen LogP contribution in [0.4, 0.5) is 0 Å². The number of aromatic nitrogens is 3. The van der Waals surface area contributed by atoms with Crippen LogP contribution < -0.4 is 10.6 Å². The van der Waals surface area contributed by atoms with Crippen LogP contribution in [-0.4, -0.2) is 49.6 Å². The van der Waals surface area contributed by atoms with Gasteiger partial charge in [-0.1, -0.05) is 11.3 Å². The number of nitrogens with zero attached hydrogens (tertiary/aromatic N) is 4. The summed E-state index contributed by atoms with van der Waals surface area (Å²) in [7, 11) is 0. The lowest BCUT2D eigenvalue weighted by Crippen LogP contribution is -2.52. The molecule has 11 heteroatoms. The molecule has 5 rings (SSSR count). The molecule has 2 aromatic heterocycles. The molecule has 2 aliphatic rings. The monoisotopic (exact) mass is 434 g/mol. The molecule has 0 aliphatic carbocycles. The first-order chi connectivity index (χ1) is 15.5. The van der Waals surface area contributed by atoms with Crippen molar-refractivity contribution in [2.24, 2.45) is 0 Å². The first-order valence-electron chi connectivity index (χ1n) is 9.99. The number of benzene rings is 1. The number of piperidine rings is 1. The summed E-state index contributed by atoms with van der Waals surface area (Å²) < 4.78 is 6.38. The third-order valence-electron chi connectivity index (χ3n) is 5.54. The fourth-order valence-corrected chi connectivity index (χ4v) is 3.85. The van der Waals surface area contributed by atoms with E-state index in [0.29, 0.717) is 30.8 Å². The zero-order valence-electron chi connectivity index (χ0n) is 16.8. The molecular weight excluding hydrogens is 416 g/mol. The van der Waals surface area contributed by atoms with Gasteiger partial charge in [-0.3, -0.25) is 24.5 Å². The van der Waals surface area contributed by atoms with E-state index >= 15 is 0 Å². The molecule has 1 saturated heterocycles. The number of carbonyl (C=O) groups excluding carboxylic acids is 4. The highest BCUT2D eigenvalue weighted by Gasteiger charge is 2.39. The first-order valence-corrected chi connectivity index (χ1v) is 9.99.